The predicted octanol–water partition coefficient (Wildman–Crippen LogP) is 0.528. The molecule has 5 nitrogen and oxygen atoms in total. The summed E-state index contributed by atoms with van der Waals surface area (Å²) in [7, 11) is 0. The van der Waals surface area contributed by atoms with E-state index in [0.717, 1.165) is 11.5 Å². The summed E-state index contributed by atoms with van der Waals surface area (Å²) in [6.07, 6.45) is 0. The monoisotopic (exact) mass is 187 g/mol. The molecule has 0 atom stereocenters. The van der Waals surface area contributed by atoms with Crippen molar-refractivity contribution >= 4 is 17.4 Å². The second-order valence-corrected chi connectivity index (χ2v) is 2.81. The van der Waals surface area contributed by atoms with Crippen molar-refractivity contribution < 1.29 is 9.63 Å². The normalized spacial score (nSPS) is 9.83. The first-order valence-corrected chi connectivity index (χ1v) is 4.24. The number of aromatic nitrogens is 2. The van der Waals surface area contributed by atoms with Gasteiger partial charge in [-0.2, -0.15) is 0 Å². The molecule has 1 amide bonds. The van der Waals surface area contributed by atoms with Crippen molar-refractivity contribution in [1.82, 2.24) is 15.1 Å². The highest BCUT2D eigenvalue weighted by Crippen LogP contribution is 2.07. The average molecular weight is 187 g/mol. The molecule has 0 aliphatic rings. The average Bonchev–Trinajstić information content (AvgIpc) is 2.47. The van der Waals surface area contributed by atoms with Gasteiger partial charge < -0.3 is 0 Å². The molecule has 66 valence electrons. The van der Waals surface area contributed by atoms with Gasteiger partial charge >= 0.3 is 0 Å². The lowest BCUT2D eigenvalue weighted by Crippen LogP contribution is -2.23. The Morgan fingerprint density at radius 2 is 2.50 bits per heavy atom. The molecule has 0 saturated heterocycles. The molecule has 12 heavy (non-hydrogen) atoms. The lowest BCUT2D eigenvalue weighted by Gasteiger charge is -1.99. The van der Waals surface area contributed by atoms with Gasteiger partial charge in [0.05, 0.1) is 12.3 Å². The Hall–Kier alpha value is -1.01. The van der Waals surface area contributed by atoms with Crippen LogP contribution in [-0.2, 0) is 4.84 Å². The zero-order chi connectivity index (χ0) is 8.97. The lowest BCUT2D eigenvalue weighted by atomic mass is 10.4. The molecule has 1 aromatic heterocycles. The maximum Gasteiger partial charge on any atom is 0.288 e. The van der Waals surface area contributed by atoms with Gasteiger partial charge in [-0.05, 0) is 25.4 Å². The minimum absolute atomic E-state index is 0.288. The molecular weight excluding hydrogens is 178 g/mol. The van der Waals surface area contributed by atoms with E-state index in [0.29, 0.717) is 17.2 Å². The number of nitrogens with zero attached hydrogens (tertiary/aromatic N) is 2. The highest BCUT2D eigenvalue weighted by atomic mass is 32.1. The van der Waals surface area contributed by atoms with E-state index in [1.807, 2.05) is 0 Å². The van der Waals surface area contributed by atoms with Crippen LogP contribution < -0.4 is 5.48 Å². The van der Waals surface area contributed by atoms with Gasteiger partial charge in [0, 0.05) is 0 Å². The minimum Gasteiger partial charge on any atom is -0.274 e. The molecular formula is C6H9N3O2S. The zero-order valence-corrected chi connectivity index (χ0v) is 7.64. The lowest BCUT2D eigenvalue weighted by molar-refractivity contribution is 0.0367. The fraction of sp³-hybridized carbons (Fsp3) is 0.500. The van der Waals surface area contributed by atoms with Crippen LogP contribution in [0.3, 0.4) is 0 Å². The summed E-state index contributed by atoms with van der Waals surface area (Å²) in [5.74, 6) is -0.288. The van der Waals surface area contributed by atoms with E-state index in [1.54, 1.807) is 13.8 Å². The molecule has 0 aromatic carbocycles. The standard InChI is InChI=1S/C6H9N3O2S/c1-3-11-8-6(10)5-4(2)7-9-12-5/h3H2,1-2H3,(H,8,10). The maximum absolute atomic E-state index is 11.2. The number of amides is 1. The van der Waals surface area contributed by atoms with Gasteiger partial charge in [0.25, 0.3) is 5.91 Å². The third kappa shape index (κ3) is 1.99. The number of carbonyl (C=O) groups excluding carboxylic acids is 1. The molecule has 1 heterocycles. The smallest absolute Gasteiger partial charge is 0.274 e. The third-order valence-electron chi connectivity index (χ3n) is 1.17. The van der Waals surface area contributed by atoms with Crippen LogP contribution in [0.15, 0.2) is 0 Å². The van der Waals surface area contributed by atoms with Gasteiger partial charge in [0.2, 0.25) is 0 Å². The van der Waals surface area contributed by atoms with Crippen molar-refractivity contribution in [1.29, 1.82) is 0 Å². The number of hydrogen-bond acceptors (Lipinski definition) is 5. The first-order valence-electron chi connectivity index (χ1n) is 3.46. The third-order valence-corrected chi connectivity index (χ3v) is 1.99. The van der Waals surface area contributed by atoms with Crippen LogP contribution in [-0.4, -0.2) is 22.1 Å². The Labute approximate surface area is 73.9 Å². The van der Waals surface area contributed by atoms with Crippen LogP contribution in [0.2, 0.25) is 0 Å². The van der Waals surface area contributed by atoms with Crippen LogP contribution >= 0.6 is 11.5 Å². The van der Waals surface area contributed by atoms with Crippen molar-refractivity contribution in [3.63, 3.8) is 0 Å². The van der Waals surface area contributed by atoms with Gasteiger partial charge in [-0.15, -0.1) is 5.10 Å². The van der Waals surface area contributed by atoms with Gasteiger partial charge in [-0.1, -0.05) is 4.49 Å². The molecule has 1 rings (SSSR count). The molecule has 0 bridgehead atoms. The zero-order valence-electron chi connectivity index (χ0n) is 6.83. The summed E-state index contributed by atoms with van der Waals surface area (Å²) < 4.78 is 3.63. The van der Waals surface area contributed by atoms with Crippen LogP contribution in [0.1, 0.15) is 22.3 Å². The highest BCUT2D eigenvalue weighted by molar-refractivity contribution is 7.07. The molecule has 0 aliphatic carbocycles. The number of nitrogens with one attached hydrogen (secondary N) is 1. The fourth-order valence-corrected chi connectivity index (χ4v) is 1.17. The van der Waals surface area contributed by atoms with Crippen LogP contribution in [0.25, 0.3) is 0 Å². The first-order chi connectivity index (χ1) is 5.75. The Bertz CT molecular complexity index is 274. The van der Waals surface area contributed by atoms with Crippen molar-refractivity contribution in [2.75, 3.05) is 6.61 Å². The summed E-state index contributed by atoms with van der Waals surface area (Å²) in [5, 5.41) is 3.70. The fourth-order valence-electron chi connectivity index (χ4n) is 0.624. The Balaban J connectivity index is 2.59. The van der Waals surface area contributed by atoms with E-state index in [1.165, 1.54) is 0 Å². The van der Waals surface area contributed by atoms with E-state index < -0.39 is 0 Å². The number of rotatable bonds is 3. The summed E-state index contributed by atoms with van der Waals surface area (Å²) >= 11 is 1.05. The number of aryl methyl sites for hydroxylation is 1. The van der Waals surface area contributed by atoms with Gasteiger partial charge in [0.15, 0.2) is 0 Å². The van der Waals surface area contributed by atoms with E-state index in [2.05, 4.69) is 15.1 Å². The quantitative estimate of drug-likeness (QED) is 0.701. The maximum atomic E-state index is 11.2. The number of carbonyl (C=O) groups is 1. The Kier molecular flexibility index (Phi) is 3.12. The Morgan fingerprint density at radius 3 is 3.00 bits per heavy atom. The van der Waals surface area contributed by atoms with E-state index in [-0.39, 0.29) is 5.91 Å². The van der Waals surface area contributed by atoms with Gasteiger partial charge in [-0.3, -0.25) is 9.63 Å². The van der Waals surface area contributed by atoms with Crippen molar-refractivity contribution in [2.24, 2.45) is 0 Å². The van der Waals surface area contributed by atoms with E-state index in [4.69, 9.17) is 4.84 Å². The Morgan fingerprint density at radius 1 is 1.75 bits per heavy atom. The van der Waals surface area contributed by atoms with Gasteiger partial charge in [-0.25, -0.2) is 5.48 Å². The largest absolute Gasteiger partial charge is 0.288 e. The van der Waals surface area contributed by atoms with Crippen LogP contribution in [0.5, 0.6) is 0 Å². The summed E-state index contributed by atoms with van der Waals surface area (Å²) in [6.45, 7) is 3.96. The molecule has 6 heteroatoms. The molecule has 1 aromatic rings. The summed E-state index contributed by atoms with van der Waals surface area (Å²) in [6, 6.07) is 0. The van der Waals surface area contributed by atoms with Crippen molar-refractivity contribution in [2.45, 2.75) is 13.8 Å². The second-order valence-electron chi connectivity index (χ2n) is 2.05. The first kappa shape index (κ1) is 9.08. The SMILES string of the molecule is CCONC(=O)c1snnc1C. The summed E-state index contributed by atoms with van der Waals surface area (Å²) in [5.41, 5.74) is 2.89. The molecule has 0 unspecified atom stereocenters. The van der Waals surface area contributed by atoms with Gasteiger partial charge in [0.1, 0.15) is 4.88 Å². The molecule has 0 aliphatic heterocycles. The number of hydrogen-bond donors (Lipinski definition) is 1. The number of hydroxylamine groups is 1. The van der Waals surface area contributed by atoms with E-state index in [9.17, 15) is 4.79 Å². The molecule has 0 radical (unpaired) electrons. The minimum atomic E-state index is -0.288. The predicted molar refractivity (Wildman–Crippen MR) is 43.7 cm³/mol. The second kappa shape index (κ2) is 4.13. The highest BCUT2D eigenvalue weighted by Gasteiger charge is 2.12. The molecule has 0 saturated carbocycles. The van der Waals surface area contributed by atoms with Crippen LogP contribution in [0, 0.1) is 6.92 Å². The topological polar surface area (TPSA) is 64.1 Å². The van der Waals surface area contributed by atoms with Crippen molar-refractivity contribution in [3.05, 3.63) is 10.6 Å². The van der Waals surface area contributed by atoms with Crippen molar-refractivity contribution in [3.8, 4) is 0 Å². The molecule has 0 fully saturated rings. The summed E-state index contributed by atoms with van der Waals surface area (Å²) in [4.78, 5) is 16.4. The molecule has 0 spiro atoms. The van der Waals surface area contributed by atoms with Crippen LogP contribution in [0.4, 0.5) is 0 Å². The molecule has 1 N–H and O–H groups in total. The van der Waals surface area contributed by atoms with E-state index >= 15 is 0 Å².